The van der Waals surface area contributed by atoms with Crippen LogP contribution in [0.5, 0.6) is 5.75 Å². The van der Waals surface area contributed by atoms with Crippen molar-refractivity contribution in [1.29, 1.82) is 0 Å². The number of nitrogens with two attached hydrogens (primary N) is 1. The Labute approximate surface area is 102 Å². The van der Waals surface area contributed by atoms with E-state index in [4.69, 9.17) is 15.2 Å². The Morgan fingerprint density at radius 3 is 3.00 bits per heavy atom. The lowest BCUT2D eigenvalue weighted by molar-refractivity contribution is 0.193. The fraction of sp³-hybridized carbons (Fsp3) is 0.538. The minimum Gasteiger partial charge on any atom is -0.492 e. The van der Waals surface area contributed by atoms with Crippen LogP contribution in [-0.4, -0.2) is 32.9 Å². The van der Waals surface area contributed by atoms with Gasteiger partial charge in [-0.3, -0.25) is 0 Å². The zero-order chi connectivity index (χ0) is 12.3. The zero-order valence-corrected chi connectivity index (χ0v) is 10.5. The van der Waals surface area contributed by atoms with Crippen molar-refractivity contribution in [2.24, 2.45) is 0 Å². The van der Waals surface area contributed by atoms with Crippen LogP contribution in [0.15, 0.2) is 18.2 Å². The van der Waals surface area contributed by atoms with Crippen LogP contribution in [0.3, 0.4) is 0 Å². The number of hydrogen-bond acceptors (Lipinski definition) is 4. The summed E-state index contributed by atoms with van der Waals surface area (Å²) in [6.45, 7) is 4.23. The molecule has 1 aromatic rings. The molecule has 0 bridgehead atoms. The first kappa shape index (κ1) is 12.0. The highest BCUT2D eigenvalue weighted by atomic mass is 16.5. The Balaban J connectivity index is 2.16. The molecule has 0 aromatic heterocycles. The van der Waals surface area contributed by atoms with Crippen molar-refractivity contribution in [3.05, 3.63) is 18.2 Å². The number of rotatable bonds is 4. The van der Waals surface area contributed by atoms with Crippen LogP contribution in [0.25, 0.3) is 0 Å². The highest BCUT2D eigenvalue weighted by molar-refractivity contribution is 5.62. The van der Waals surface area contributed by atoms with E-state index in [-0.39, 0.29) is 0 Å². The van der Waals surface area contributed by atoms with E-state index in [9.17, 15) is 0 Å². The van der Waals surface area contributed by atoms with Crippen molar-refractivity contribution >= 4 is 11.4 Å². The van der Waals surface area contributed by atoms with Crippen molar-refractivity contribution in [3.63, 3.8) is 0 Å². The lowest BCUT2D eigenvalue weighted by Gasteiger charge is -2.26. The Morgan fingerprint density at radius 2 is 2.35 bits per heavy atom. The molecule has 4 heteroatoms. The lowest BCUT2D eigenvalue weighted by Crippen LogP contribution is -2.31. The van der Waals surface area contributed by atoms with E-state index in [2.05, 4.69) is 11.9 Å². The summed E-state index contributed by atoms with van der Waals surface area (Å²) in [5.74, 6) is 0.760. The maximum absolute atomic E-state index is 5.86. The maximum atomic E-state index is 5.86. The monoisotopic (exact) mass is 236 g/mol. The predicted molar refractivity (Wildman–Crippen MR) is 69.7 cm³/mol. The average Bonchev–Trinajstić information content (AvgIpc) is 2.85. The molecule has 1 aliphatic rings. The van der Waals surface area contributed by atoms with Gasteiger partial charge in [0.1, 0.15) is 5.75 Å². The SMILES string of the molecule is CCOc1cc(N(C)C2CCOC2)ccc1N. The topological polar surface area (TPSA) is 47.7 Å². The van der Waals surface area contributed by atoms with Crippen molar-refractivity contribution in [2.45, 2.75) is 19.4 Å². The summed E-state index contributed by atoms with van der Waals surface area (Å²) in [4.78, 5) is 2.23. The quantitative estimate of drug-likeness (QED) is 0.811. The maximum Gasteiger partial charge on any atom is 0.144 e. The third-order valence-corrected chi connectivity index (χ3v) is 3.16. The molecule has 2 rings (SSSR count). The van der Waals surface area contributed by atoms with Crippen LogP contribution in [-0.2, 0) is 4.74 Å². The second kappa shape index (κ2) is 5.27. The molecule has 0 saturated carbocycles. The van der Waals surface area contributed by atoms with Gasteiger partial charge in [-0.2, -0.15) is 0 Å². The van der Waals surface area contributed by atoms with Crippen LogP contribution < -0.4 is 15.4 Å². The Bertz CT molecular complexity index is 376. The molecule has 1 heterocycles. The van der Waals surface area contributed by atoms with E-state index in [0.717, 1.165) is 31.1 Å². The summed E-state index contributed by atoms with van der Waals surface area (Å²) in [6, 6.07) is 6.37. The van der Waals surface area contributed by atoms with E-state index in [1.54, 1.807) is 0 Å². The van der Waals surface area contributed by atoms with Crippen LogP contribution >= 0.6 is 0 Å². The molecule has 0 spiro atoms. The van der Waals surface area contributed by atoms with Gasteiger partial charge in [0.05, 0.1) is 24.9 Å². The summed E-state index contributed by atoms with van der Waals surface area (Å²) in [6.07, 6.45) is 1.07. The number of likely N-dealkylation sites (N-methyl/N-ethyl adjacent to an activating group) is 1. The van der Waals surface area contributed by atoms with E-state index in [0.29, 0.717) is 18.3 Å². The van der Waals surface area contributed by atoms with Crippen LogP contribution in [0.1, 0.15) is 13.3 Å². The smallest absolute Gasteiger partial charge is 0.144 e. The molecule has 1 atom stereocenters. The molecule has 1 saturated heterocycles. The van der Waals surface area contributed by atoms with E-state index >= 15 is 0 Å². The van der Waals surface area contributed by atoms with Gasteiger partial charge < -0.3 is 20.1 Å². The van der Waals surface area contributed by atoms with Gasteiger partial charge in [0.2, 0.25) is 0 Å². The van der Waals surface area contributed by atoms with Gasteiger partial charge in [-0.1, -0.05) is 0 Å². The lowest BCUT2D eigenvalue weighted by atomic mass is 10.2. The Kier molecular flexibility index (Phi) is 3.74. The van der Waals surface area contributed by atoms with Gasteiger partial charge in [0, 0.05) is 25.4 Å². The summed E-state index contributed by atoms with van der Waals surface area (Å²) in [5.41, 5.74) is 7.67. The summed E-state index contributed by atoms with van der Waals surface area (Å²) >= 11 is 0. The van der Waals surface area contributed by atoms with Gasteiger partial charge >= 0.3 is 0 Å². The van der Waals surface area contributed by atoms with Crippen LogP contribution in [0, 0.1) is 0 Å². The second-order valence-electron chi connectivity index (χ2n) is 4.28. The average molecular weight is 236 g/mol. The third-order valence-electron chi connectivity index (χ3n) is 3.16. The highest BCUT2D eigenvalue weighted by Gasteiger charge is 2.21. The first-order chi connectivity index (χ1) is 8.22. The first-order valence-corrected chi connectivity index (χ1v) is 6.05. The number of benzene rings is 1. The fourth-order valence-electron chi connectivity index (χ4n) is 2.06. The molecule has 1 aliphatic heterocycles. The highest BCUT2D eigenvalue weighted by Crippen LogP contribution is 2.29. The molecule has 1 fully saturated rings. The third kappa shape index (κ3) is 2.64. The van der Waals surface area contributed by atoms with E-state index in [1.165, 1.54) is 0 Å². The first-order valence-electron chi connectivity index (χ1n) is 6.05. The van der Waals surface area contributed by atoms with Crippen molar-refractivity contribution in [3.8, 4) is 5.75 Å². The van der Waals surface area contributed by atoms with E-state index < -0.39 is 0 Å². The normalized spacial score (nSPS) is 19.3. The van der Waals surface area contributed by atoms with E-state index in [1.807, 2.05) is 25.1 Å². The minimum absolute atomic E-state index is 0.452. The minimum atomic E-state index is 0.452. The molecule has 17 heavy (non-hydrogen) atoms. The molecule has 4 nitrogen and oxygen atoms in total. The Morgan fingerprint density at radius 1 is 1.53 bits per heavy atom. The summed E-state index contributed by atoms with van der Waals surface area (Å²) in [5, 5.41) is 0. The molecule has 2 N–H and O–H groups in total. The van der Waals surface area contributed by atoms with Crippen molar-refractivity contribution < 1.29 is 9.47 Å². The van der Waals surface area contributed by atoms with Crippen LogP contribution in [0.2, 0.25) is 0 Å². The number of ether oxygens (including phenoxy) is 2. The molecule has 1 unspecified atom stereocenters. The predicted octanol–water partition coefficient (Wildman–Crippen LogP) is 1.89. The Hall–Kier alpha value is -1.42. The zero-order valence-electron chi connectivity index (χ0n) is 10.5. The summed E-state index contributed by atoms with van der Waals surface area (Å²) in [7, 11) is 2.08. The largest absolute Gasteiger partial charge is 0.492 e. The number of nitrogens with zero attached hydrogens (tertiary/aromatic N) is 1. The van der Waals surface area contributed by atoms with Gasteiger partial charge in [0.25, 0.3) is 0 Å². The molecule has 0 aliphatic carbocycles. The second-order valence-corrected chi connectivity index (χ2v) is 4.28. The van der Waals surface area contributed by atoms with Gasteiger partial charge in [-0.15, -0.1) is 0 Å². The van der Waals surface area contributed by atoms with Gasteiger partial charge in [-0.05, 0) is 25.5 Å². The molecule has 94 valence electrons. The van der Waals surface area contributed by atoms with Gasteiger partial charge in [-0.25, -0.2) is 0 Å². The van der Waals surface area contributed by atoms with Gasteiger partial charge in [0.15, 0.2) is 0 Å². The number of anilines is 2. The van der Waals surface area contributed by atoms with Crippen molar-refractivity contribution in [2.75, 3.05) is 37.5 Å². The summed E-state index contributed by atoms with van der Waals surface area (Å²) < 4.78 is 10.9. The molecule has 1 aromatic carbocycles. The fourth-order valence-corrected chi connectivity index (χ4v) is 2.06. The molecule has 0 radical (unpaired) electrons. The molecular formula is C13H20N2O2. The van der Waals surface area contributed by atoms with Crippen molar-refractivity contribution in [1.82, 2.24) is 0 Å². The standard InChI is InChI=1S/C13H20N2O2/c1-3-17-13-8-10(4-5-12(13)14)15(2)11-6-7-16-9-11/h4-5,8,11H,3,6-7,9,14H2,1-2H3. The number of hydrogen-bond donors (Lipinski definition) is 1. The van der Waals surface area contributed by atoms with Crippen LogP contribution in [0.4, 0.5) is 11.4 Å². The molecule has 0 amide bonds. The number of nitrogen functional groups attached to an aromatic ring is 1. The molecular weight excluding hydrogens is 216 g/mol.